The number of carbonyl (C=O) groups is 2. The maximum Gasteiger partial charge on any atom is 0.320 e. The normalized spacial score (nSPS) is 11.8. The first-order valence-corrected chi connectivity index (χ1v) is 6.96. The summed E-state index contributed by atoms with van der Waals surface area (Å²) in [4.78, 5) is 23.5. The Balaban J connectivity index is 4.49. The molecule has 0 fully saturated rings. The Morgan fingerprint density at radius 3 is 2.00 bits per heavy atom. The molecule has 5 heteroatoms. The molecule has 0 N–H and O–H groups in total. The Kier molecular flexibility index (Phi) is 9.62. The molecule has 106 valence electrons. The molecule has 0 saturated heterocycles. The van der Waals surface area contributed by atoms with Crippen LogP contribution in [0.2, 0.25) is 0 Å². The predicted molar refractivity (Wildman–Crippen MR) is 70.6 cm³/mol. The molecule has 0 aliphatic rings. The summed E-state index contributed by atoms with van der Waals surface area (Å²) < 4.78 is 17.7. The Hall–Kier alpha value is -0.770. The first-order valence-electron chi connectivity index (χ1n) is 6.93. The molecular weight excluding hydrogens is 256 g/mol. The molecule has 0 bridgehead atoms. The maximum atomic E-state index is 11.8. The molecule has 0 amide bonds. The number of alkyl halides is 1. The van der Waals surface area contributed by atoms with Gasteiger partial charge in [-0.05, 0) is 26.7 Å². The summed E-state index contributed by atoms with van der Waals surface area (Å²) in [6.45, 7) is 3.57. The molecule has 0 aromatic heterocycles. The van der Waals surface area contributed by atoms with Crippen LogP contribution in [0.3, 0.4) is 0 Å². The average molecular weight is 280 g/mol. The Morgan fingerprint density at radius 1 is 1.06 bits per heavy atom. The topological polar surface area (TPSA) is 52.6 Å². The van der Waals surface area contributed by atoms with Gasteiger partial charge in [-0.2, -0.15) is 0 Å². The zero-order valence-electron chi connectivity index (χ0n) is 12.2. The Labute approximate surface area is 115 Å². The van der Waals surface area contributed by atoms with Crippen LogP contribution in [0.25, 0.3) is 0 Å². The predicted octanol–water partition coefficient (Wildman–Crippen LogP) is 2.92. The fraction of sp³-hybridized carbons (Fsp3) is 0.846. The Bertz CT molecular complexity index is 266. The quantitative estimate of drug-likeness (QED) is 0.267. The zero-order valence-corrected chi connectivity index (χ0v) is 11.9. The average Bonchev–Trinajstić information content (AvgIpc) is 2.38. The van der Waals surface area contributed by atoms with Crippen molar-refractivity contribution >= 4 is 23.5 Å². The van der Waals surface area contributed by atoms with Gasteiger partial charge in [0.2, 0.25) is 0 Å². The summed E-state index contributed by atoms with van der Waals surface area (Å²) in [6, 6.07) is 0. The molecule has 0 aromatic rings. The smallest absolute Gasteiger partial charge is 0.320 e. The van der Waals surface area contributed by atoms with E-state index >= 15 is 0 Å². The van der Waals surface area contributed by atoms with Gasteiger partial charge in [0.15, 0.2) is 5.89 Å². The number of esters is 2. The van der Waals surface area contributed by atoms with Crippen molar-refractivity contribution < 1.29 is 20.4 Å². The van der Waals surface area contributed by atoms with E-state index in [4.69, 9.17) is 22.4 Å². The van der Waals surface area contributed by atoms with Crippen LogP contribution in [0, 0.1) is 5.89 Å². The third kappa shape index (κ3) is 7.54. The lowest BCUT2D eigenvalue weighted by atomic mass is 10.0. The standard InChI is InChI=1S/C13H23ClO4/c1-3-17-12(15)11(13(16)18-4-2)9-7-5-6-8-10-14/h11H,3-10H2,1-2H3/i11D. The van der Waals surface area contributed by atoms with E-state index < -0.39 is 17.8 Å². The first kappa shape index (κ1) is 15.3. The van der Waals surface area contributed by atoms with E-state index in [1.54, 1.807) is 13.8 Å². The number of halogens is 1. The fourth-order valence-electron chi connectivity index (χ4n) is 1.47. The van der Waals surface area contributed by atoms with Gasteiger partial charge in [-0.15, -0.1) is 11.6 Å². The van der Waals surface area contributed by atoms with E-state index in [-0.39, 0.29) is 19.6 Å². The van der Waals surface area contributed by atoms with Gasteiger partial charge >= 0.3 is 11.9 Å². The van der Waals surface area contributed by atoms with Gasteiger partial charge in [0.05, 0.1) is 14.6 Å². The van der Waals surface area contributed by atoms with Crippen LogP contribution >= 0.6 is 11.6 Å². The molecule has 0 rings (SSSR count). The van der Waals surface area contributed by atoms with Crippen LogP contribution in [-0.2, 0) is 19.1 Å². The van der Waals surface area contributed by atoms with Crippen LogP contribution < -0.4 is 0 Å². The lowest BCUT2D eigenvalue weighted by Crippen LogP contribution is -2.28. The minimum absolute atomic E-state index is 0.118. The van der Waals surface area contributed by atoms with Gasteiger partial charge in [0.1, 0.15) is 0 Å². The second kappa shape index (κ2) is 11.3. The van der Waals surface area contributed by atoms with Crippen molar-refractivity contribution in [2.75, 3.05) is 19.1 Å². The molecule has 0 radical (unpaired) electrons. The minimum Gasteiger partial charge on any atom is -0.465 e. The molecule has 0 saturated carbocycles. The summed E-state index contributed by atoms with van der Waals surface area (Å²) in [5.74, 6) is -2.99. The highest BCUT2D eigenvalue weighted by Crippen LogP contribution is 2.15. The van der Waals surface area contributed by atoms with Gasteiger partial charge in [-0.25, -0.2) is 0 Å². The highest BCUT2D eigenvalue weighted by atomic mass is 35.5. The largest absolute Gasteiger partial charge is 0.465 e. The number of unbranched alkanes of at least 4 members (excludes halogenated alkanes) is 3. The van der Waals surface area contributed by atoms with E-state index in [9.17, 15) is 9.59 Å². The third-order valence-electron chi connectivity index (χ3n) is 2.35. The van der Waals surface area contributed by atoms with Gasteiger partial charge in [0, 0.05) is 5.88 Å². The zero-order chi connectivity index (χ0) is 14.7. The van der Waals surface area contributed by atoms with Crippen molar-refractivity contribution in [3.63, 3.8) is 0 Å². The van der Waals surface area contributed by atoms with Crippen molar-refractivity contribution in [2.45, 2.75) is 46.0 Å². The molecule has 0 unspecified atom stereocenters. The number of carbonyl (C=O) groups excluding carboxylic acids is 2. The lowest BCUT2D eigenvalue weighted by molar-refractivity contribution is -0.161. The summed E-state index contributed by atoms with van der Waals surface area (Å²) in [5, 5.41) is 0. The third-order valence-corrected chi connectivity index (χ3v) is 2.62. The Morgan fingerprint density at radius 2 is 1.56 bits per heavy atom. The van der Waals surface area contributed by atoms with E-state index in [0.29, 0.717) is 12.3 Å². The van der Waals surface area contributed by atoms with Gasteiger partial charge in [-0.1, -0.05) is 19.3 Å². The maximum absolute atomic E-state index is 11.8. The highest BCUT2D eigenvalue weighted by molar-refractivity contribution is 6.17. The fourth-order valence-corrected chi connectivity index (χ4v) is 1.66. The number of rotatable bonds is 10. The van der Waals surface area contributed by atoms with Crippen LogP contribution in [0.5, 0.6) is 0 Å². The summed E-state index contributed by atoms with van der Waals surface area (Å²) in [6.07, 6.45) is 3.35. The molecule has 4 nitrogen and oxygen atoms in total. The molecule has 0 aromatic carbocycles. The molecule has 0 atom stereocenters. The van der Waals surface area contributed by atoms with Crippen LogP contribution in [0.4, 0.5) is 0 Å². The second-order valence-electron chi connectivity index (χ2n) is 3.77. The summed E-state index contributed by atoms with van der Waals surface area (Å²) in [5.41, 5.74) is 0. The van der Waals surface area contributed by atoms with Crippen LogP contribution in [0.1, 0.15) is 47.3 Å². The highest BCUT2D eigenvalue weighted by Gasteiger charge is 2.28. The van der Waals surface area contributed by atoms with Crippen LogP contribution in [0.15, 0.2) is 0 Å². The second-order valence-corrected chi connectivity index (χ2v) is 4.15. The van der Waals surface area contributed by atoms with Crippen molar-refractivity contribution in [3.8, 4) is 0 Å². The van der Waals surface area contributed by atoms with E-state index in [1.165, 1.54) is 0 Å². The van der Waals surface area contributed by atoms with Crippen molar-refractivity contribution in [3.05, 3.63) is 0 Å². The number of hydrogen-bond acceptors (Lipinski definition) is 4. The minimum atomic E-state index is -1.94. The molecule has 0 heterocycles. The summed E-state index contributed by atoms with van der Waals surface area (Å²) in [7, 11) is 0. The van der Waals surface area contributed by atoms with Gasteiger partial charge in [-0.3, -0.25) is 9.59 Å². The van der Waals surface area contributed by atoms with Crippen LogP contribution in [-0.4, -0.2) is 31.0 Å². The van der Waals surface area contributed by atoms with E-state index in [1.807, 2.05) is 0 Å². The molecule has 0 aliphatic carbocycles. The molecule has 0 aliphatic heterocycles. The lowest BCUT2D eigenvalue weighted by Gasteiger charge is -2.14. The van der Waals surface area contributed by atoms with Crippen molar-refractivity contribution in [1.29, 1.82) is 0 Å². The molecular formula is C13H23ClO4. The van der Waals surface area contributed by atoms with Gasteiger partial charge < -0.3 is 9.47 Å². The monoisotopic (exact) mass is 279 g/mol. The summed E-state index contributed by atoms with van der Waals surface area (Å²) >= 11 is 5.57. The first-order chi connectivity index (χ1) is 9.02. The van der Waals surface area contributed by atoms with Crippen molar-refractivity contribution in [2.24, 2.45) is 5.89 Å². The van der Waals surface area contributed by atoms with Crippen molar-refractivity contribution in [1.82, 2.24) is 0 Å². The van der Waals surface area contributed by atoms with E-state index in [0.717, 1.165) is 19.3 Å². The van der Waals surface area contributed by atoms with Gasteiger partial charge in [0.25, 0.3) is 0 Å². The number of ether oxygens (including phenoxy) is 2. The molecule has 18 heavy (non-hydrogen) atoms. The van der Waals surface area contributed by atoms with E-state index in [2.05, 4.69) is 0 Å². The number of hydrogen-bond donors (Lipinski definition) is 0. The SMILES string of the molecule is [2H]C(CCCCCCCl)(C(=O)OCC)C(=O)OCC. The molecule has 0 spiro atoms.